The number of benzene rings is 1. The molecule has 1 heterocycles. The summed E-state index contributed by atoms with van der Waals surface area (Å²) >= 11 is 11.8. The standard InChI is InChI=1S/C17H16Cl2N2O4/c1-16(10-17(16,18)19)15(23)21-20-14(22)13-8-7-12(25-13)9-24-11-5-3-2-4-6-11/h2-8H,9-10H2,1H3,(H,20,22)(H,21,23). The van der Waals surface area contributed by atoms with Crippen molar-refractivity contribution >= 4 is 35.0 Å². The van der Waals surface area contributed by atoms with Crippen LogP contribution in [0.15, 0.2) is 46.9 Å². The van der Waals surface area contributed by atoms with Crippen LogP contribution in [0.5, 0.6) is 5.75 Å². The van der Waals surface area contributed by atoms with Crippen molar-refractivity contribution in [3.05, 3.63) is 54.0 Å². The number of hydrogen-bond acceptors (Lipinski definition) is 4. The number of hydrogen-bond donors (Lipinski definition) is 2. The van der Waals surface area contributed by atoms with E-state index in [9.17, 15) is 9.59 Å². The molecule has 1 aliphatic rings. The third kappa shape index (κ3) is 3.75. The maximum atomic E-state index is 12.0. The minimum absolute atomic E-state index is 0.0518. The predicted molar refractivity (Wildman–Crippen MR) is 92.3 cm³/mol. The lowest BCUT2D eigenvalue weighted by Gasteiger charge is -2.12. The van der Waals surface area contributed by atoms with Crippen LogP contribution in [0, 0.1) is 5.41 Å². The first-order valence-corrected chi connectivity index (χ1v) is 8.33. The summed E-state index contributed by atoms with van der Waals surface area (Å²) in [6, 6.07) is 12.4. The first-order chi connectivity index (χ1) is 11.8. The van der Waals surface area contributed by atoms with Gasteiger partial charge >= 0.3 is 5.91 Å². The summed E-state index contributed by atoms with van der Waals surface area (Å²) in [6.45, 7) is 1.81. The fraction of sp³-hybridized carbons (Fsp3) is 0.294. The van der Waals surface area contributed by atoms with Gasteiger partial charge in [-0.3, -0.25) is 20.4 Å². The molecule has 1 saturated carbocycles. The Labute approximate surface area is 154 Å². The average Bonchev–Trinajstić information content (AvgIpc) is 2.94. The quantitative estimate of drug-likeness (QED) is 0.614. The lowest BCUT2D eigenvalue weighted by atomic mass is 10.1. The Balaban J connectivity index is 1.50. The molecule has 0 radical (unpaired) electrons. The van der Waals surface area contributed by atoms with E-state index in [1.54, 1.807) is 13.0 Å². The van der Waals surface area contributed by atoms with Crippen LogP contribution in [-0.2, 0) is 11.4 Å². The van der Waals surface area contributed by atoms with Gasteiger partial charge in [0, 0.05) is 0 Å². The third-order valence-electron chi connectivity index (χ3n) is 4.06. The second kappa shape index (κ2) is 6.61. The van der Waals surface area contributed by atoms with E-state index in [-0.39, 0.29) is 12.4 Å². The number of carbonyl (C=O) groups excluding carboxylic acids is 2. The van der Waals surface area contributed by atoms with Crippen molar-refractivity contribution in [3.8, 4) is 5.75 Å². The topological polar surface area (TPSA) is 80.6 Å². The minimum atomic E-state index is -1.10. The largest absolute Gasteiger partial charge is 0.486 e. The van der Waals surface area contributed by atoms with Crippen molar-refractivity contribution in [2.24, 2.45) is 5.41 Å². The van der Waals surface area contributed by atoms with Gasteiger partial charge in [-0.15, -0.1) is 23.2 Å². The predicted octanol–water partition coefficient (Wildman–Crippen LogP) is 3.20. The molecule has 1 fully saturated rings. The molecule has 0 bridgehead atoms. The Bertz CT molecular complexity index is 791. The maximum absolute atomic E-state index is 12.0. The zero-order chi connectivity index (χ0) is 18.1. The van der Waals surface area contributed by atoms with Crippen molar-refractivity contribution in [2.45, 2.75) is 24.3 Å². The molecule has 3 rings (SSSR count). The van der Waals surface area contributed by atoms with Crippen molar-refractivity contribution < 1.29 is 18.7 Å². The van der Waals surface area contributed by atoms with E-state index in [4.69, 9.17) is 32.4 Å². The highest BCUT2D eigenvalue weighted by atomic mass is 35.5. The number of carbonyl (C=O) groups is 2. The Morgan fingerprint density at radius 1 is 1.16 bits per heavy atom. The zero-order valence-electron chi connectivity index (χ0n) is 13.3. The lowest BCUT2D eigenvalue weighted by Crippen LogP contribution is -2.45. The number of para-hydroxylation sites is 1. The van der Waals surface area contributed by atoms with Gasteiger partial charge in [0.15, 0.2) is 5.76 Å². The van der Waals surface area contributed by atoms with Crippen LogP contribution in [0.2, 0.25) is 0 Å². The Morgan fingerprint density at radius 3 is 2.48 bits per heavy atom. The van der Waals surface area contributed by atoms with Crippen molar-refractivity contribution in [2.75, 3.05) is 0 Å². The first-order valence-electron chi connectivity index (χ1n) is 7.57. The van der Waals surface area contributed by atoms with Crippen LogP contribution in [0.3, 0.4) is 0 Å². The molecular formula is C17H16Cl2N2O4. The summed E-state index contributed by atoms with van der Waals surface area (Å²) in [7, 11) is 0. The van der Waals surface area contributed by atoms with Gasteiger partial charge in [-0.2, -0.15) is 0 Å². The monoisotopic (exact) mass is 382 g/mol. The van der Waals surface area contributed by atoms with Gasteiger partial charge in [-0.25, -0.2) is 0 Å². The first kappa shape index (κ1) is 17.6. The molecule has 0 aliphatic heterocycles. The van der Waals surface area contributed by atoms with Crippen LogP contribution in [-0.4, -0.2) is 16.1 Å². The van der Waals surface area contributed by atoms with Crippen molar-refractivity contribution in [1.29, 1.82) is 0 Å². The molecule has 6 nitrogen and oxygen atoms in total. The van der Waals surface area contributed by atoms with Crippen molar-refractivity contribution in [1.82, 2.24) is 10.9 Å². The number of nitrogens with one attached hydrogen (secondary N) is 2. The third-order valence-corrected chi connectivity index (χ3v) is 5.16. The summed E-state index contributed by atoms with van der Waals surface area (Å²) < 4.78 is 9.83. The van der Waals surface area contributed by atoms with Gasteiger partial charge in [0.05, 0.1) is 5.41 Å². The molecule has 0 spiro atoms. The second-order valence-electron chi connectivity index (χ2n) is 5.99. The van der Waals surface area contributed by atoms with E-state index >= 15 is 0 Å². The van der Waals surface area contributed by atoms with Crippen LogP contribution in [0.1, 0.15) is 29.7 Å². The minimum Gasteiger partial charge on any atom is -0.486 e. The van der Waals surface area contributed by atoms with Crippen molar-refractivity contribution in [3.63, 3.8) is 0 Å². The Hall–Kier alpha value is -2.18. The number of ether oxygens (including phenoxy) is 1. The molecule has 1 atom stereocenters. The lowest BCUT2D eigenvalue weighted by molar-refractivity contribution is -0.126. The van der Waals surface area contributed by atoms with Gasteiger partial charge in [-0.05, 0) is 37.6 Å². The highest BCUT2D eigenvalue weighted by Crippen LogP contribution is 2.63. The average molecular weight is 383 g/mol. The molecular weight excluding hydrogens is 367 g/mol. The summed E-state index contributed by atoms with van der Waals surface area (Å²) in [5.41, 5.74) is 3.67. The molecule has 1 aliphatic carbocycles. The molecule has 1 unspecified atom stereocenters. The Morgan fingerprint density at radius 2 is 1.84 bits per heavy atom. The Kier molecular flexibility index (Phi) is 4.67. The van der Waals surface area contributed by atoms with E-state index in [2.05, 4.69) is 10.9 Å². The number of halogens is 2. The zero-order valence-corrected chi connectivity index (χ0v) is 14.9. The number of furan rings is 1. The molecule has 132 valence electrons. The van der Waals surface area contributed by atoms with Gasteiger partial charge in [0.25, 0.3) is 0 Å². The van der Waals surface area contributed by atoms with Crippen LogP contribution < -0.4 is 15.6 Å². The molecule has 25 heavy (non-hydrogen) atoms. The molecule has 2 amide bonds. The van der Waals surface area contributed by atoms with Crippen LogP contribution >= 0.6 is 23.2 Å². The summed E-state index contributed by atoms with van der Waals surface area (Å²) in [4.78, 5) is 24.0. The highest BCUT2D eigenvalue weighted by Gasteiger charge is 2.68. The molecule has 1 aromatic heterocycles. The van der Waals surface area contributed by atoms with E-state index in [1.807, 2.05) is 30.3 Å². The molecule has 1 aromatic carbocycles. The SMILES string of the molecule is CC1(C(=O)NNC(=O)c2ccc(COc3ccccc3)o2)CC1(Cl)Cl. The summed E-state index contributed by atoms with van der Waals surface area (Å²) in [5, 5.41) is 0. The number of rotatable bonds is 5. The van der Waals surface area contributed by atoms with E-state index in [1.165, 1.54) is 6.07 Å². The van der Waals surface area contributed by atoms with E-state index in [0.29, 0.717) is 17.9 Å². The van der Waals surface area contributed by atoms with Crippen LogP contribution in [0.25, 0.3) is 0 Å². The fourth-order valence-electron chi connectivity index (χ4n) is 2.21. The number of hydrazine groups is 1. The smallest absolute Gasteiger partial charge is 0.305 e. The summed E-state index contributed by atoms with van der Waals surface area (Å²) in [6.07, 6.45) is 0.326. The number of alkyl halides is 2. The maximum Gasteiger partial charge on any atom is 0.305 e. The number of amides is 2. The van der Waals surface area contributed by atoms with Crippen LogP contribution in [0.4, 0.5) is 0 Å². The second-order valence-corrected chi connectivity index (χ2v) is 7.47. The fourth-order valence-corrected chi connectivity index (χ4v) is 2.91. The molecule has 0 saturated heterocycles. The molecule has 2 aromatic rings. The van der Waals surface area contributed by atoms with Gasteiger partial charge in [0.1, 0.15) is 22.4 Å². The molecule has 8 heteroatoms. The van der Waals surface area contributed by atoms with Gasteiger partial charge in [-0.1, -0.05) is 18.2 Å². The van der Waals surface area contributed by atoms with E-state index in [0.717, 1.165) is 0 Å². The normalized spacial score (nSPS) is 20.6. The van der Waals surface area contributed by atoms with E-state index < -0.39 is 21.6 Å². The highest BCUT2D eigenvalue weighted by molar-refractivity contribution is 6.53. The molecule has 2 N–H and O–H groups in total. The summed E-state index contributed by atoms with van der Waals surface area (Å²) in [5.74, 6) is 0.190. The van der Waals surface area contributed by atoms with Gasteiger partial charge < -0.3 is 9.15 Å². The van der Waals surface area contributed by atoms with Gasteiger partial charge in [0.2, 0.25) is 5.91 Å².